The van der Waals surface area contributed by atoms with Gasteiger partial charge < -0.3 is 14.5 Å². The summed E-state index contributed by atoms with van der Waals surface area (Å²) < 4.78 is 6.97. The van der Waals surface area contributed by atoms with Gasteiger partial charge in [-0.1, -0.05) is 18.2 Å². The lowest BCUT2D eigenvalue weighted by Crippen LogP contribution is -2.49. The molecular weight excluding hydrogens is 346 g/mol. The van der Waals surface area contributed by atoms with E-state index in [1.165, 1.54) is 6.33 Å². The number of carbonyl (C=O) groups is 1. The number of ether oxygens (including phenoxy) is 1. The number of hydrogen-bond donors (Lipinski definition) is 0. The molecule has 0 unspecified atom stereocenters. The Kier molecular flexibility index (Phi) is 4.57. The van der Waals surface area contributed by atoms with Gasteiger partial charge in [0.25, 0.3) is 0 Å². The van der Waals surface area contributed by atoms with Crippen molar-refractivity contribution in [2.24, 2.45) is 0 Å². The van der Waals surface area contributed by atoms with E-state index in [0.717, 1.165) is 17.3 Å². The summed E-state index contributed by atoms with van der Waals surface area (Å²) in [5.41, 5.74) is 2.11. The molecule has 0 radical (unpaired) electrons. The minimum atomic E-state index is 0.187. The number of piperazine rings is 1. The Bertz CT molecular complexity index is 963. The molecule has 1 aliphatic rings. The number of rotatable bonds is 4. The highest BCUT2D eigenvalue weighted by molar-refractivity contribution is 5.84. The van der Waals surface area contributed by atoms with Crippen LogP contribution in [0.15, 0.2) is 30.6 Å². The molecule has 27 heavy (non-hydrogen) atoms. The normalized spacial score (nSPS) is 14.6. The van der Waals surface area contributed by atoms with Crippen LogP contribution in [0, 0.1) is 0 Å². The zero-order valence-electron chi connectivity index (χ0n) is 15.4. The molecule has 0 aliphatic carbocycles. The molecule has 0 atom stereocenters. The van der Waals surface area contributed by atoms with Gasteiger partial charge in [0.1, 0.15) is 12.1 Å². The highest BCUT2D eigenvalue weighted by atomic mass is 16.5. The van der Waals surface area contributed by atoms with Crippen LogP contribution < -0.4 is 9.64 Å². The first kappa shape index (κ1) is 17.2. The molecule has 3 heterocycles. The zero-order valence-corrected chi connectivity index (χ0v) is 15.4. The topological polar surface area (TPSA) is 89.3 Å². The minimum Gasteiger partial charge on any atom is -0.497 e. The lowest BCUT2D eigenvalue weighted by Gasteiger charge is -2.35. The first-order valence-electron chi connectivity index (χ1n) is 8.95. The minimum absolute atomic E-state index is 0.187. The van der Waals surface area contributed by atoms with Crippen molar-refractivity contribution in [2.45, 2.75) is 13.3 Å². The second kappa shape index (κ2) is 7.18. The van der Waals surface area contributed by atoms with Crippen molar-refractivity contribution >= 4 is 22.9 Å². The van der Waals surface area contributed by atoms with Gasteiger partial charge in [0.15, 0.2) is 17.0 Å². The fourth-order valence-corrected chi connectivity index (χ4v) is 3.28. The van der Waals surface area contributed by atoms with Crippen LogP contribution in [0.4, 0.5) is 5.82 Å². The Morgan fingerprint density at radius 3 is 2.74 bits per heavy atom. The van der Waals surface area contributed by atoms with E-state index in [2.05, 4.69) is 25.2 Å². The van der Waals surface area contributed by atoms with Gasteiger partial charge in [0, 0.05) is 38.7 Å². The quantitative estimate of drug-likeness (QED) is 0.686. The summed E-state index contributed by atoms with van der Waals surface area (Å²) in [5.74, 6) is 1.67. The SMILES string of the molecule is CCC(=O)N1CCN(c2ncnc3c2nnn3-c2cccc(OC)c2)CC1. The lowest BCUT2D eigenvalue weighted by atomic mass is 10.2. The van der Waals surface area contributed by atoms with Crippen molar-refractivity contribution in [3.8, 4) is 11.4 Å². The molecule has 1 fully saturated rings. The maximum atomic E-state index is 11.9. The van der Waals surface area contributed by atoms with Crippen LogP contribution >= 0.6 is 0 Å². The molecule has 2 aromatic heterocycles. The fraction of sp³-hybridized carbons (Fsp3) is 0.389. The van der Waals surface area contributed by atoms with E-state index < -0.39 is 0 Å². The number of benzene rings is 1. The number of carbonyl (C=O) groups excluding carboxylic acids is 1. The first-order valence-corrected chi connectivity index (χ1v) is 8.95. The average molecular weight is 367 g/mol. The van der Waals surface area contributed by atoms with E-state index in [0.29, 0.717) is 43.8 Å². The Hall–Kier alpha value is -3.23. The second-order valence-electron chi connectivity index (χ2n) is 6.29. The van der Waals surface area contributed by atoms with E-state index >= 15 is 0 Å². The molecule has 1 amide bonds. The molecule has 4 rings (SSSR count). The van der Waals surface area contributed by atoms with E-state index in [1.54, 1.807) is 11.8 Å². The van der Waals surface area contributed by atoms with Crippen molar-refractivity contribution in [2.75, 3.05) is 38.2 Å². The summed E-state index contributed by atoms with van der Waals surface area (Å²) >= 11 is 0. The molecule has 0 spiro atoms. The van der Waals surface area contributed by atoms with Crippen LogP contribution in [0.3, 0.4) is 0 Å². The average Bonchev–Trinajstić information content (AvgIpc) is 3.17. The Labute approximate surface area is 156 Å². The monoisotopic (exact) mass is 367 g/mol. The molecule has 0 saturated carbocycles. The van der Waals surface area contributed by atoms with Gasteiger partial charge in [-0.15, -0.1) is 5.10 Å². The van der Waals surface area contributed by atoms with Gasteiger partial charge in [-0.3, -0.25) is 4.79 Å². The number of fused-ring (bicyclic) bond motifs is 1. The van der Waals surface area contributed by atoms with Gasteiger partial charge in [-0.25, -0.2) is 9.97 Å². The molecular formula is C18H21N7O2. The van der Waals surface area contributed by atoms with E-state index in [-0.39, 0.29) is 5.91 Å². The van der Waals surface area contributed by atoms with Crippen LogP contribution in [0.25, 0.3) is 16.9 Å². The Morgan fingerprint density at radius 1 is 1.19 bits per heavy atom. The van der Waals surface area contributed by atoms with Crippen LogP contribution in [0.2, 0.25) is 0 Å². The molecule has 1 aromatic carbocycles. The first-order chi connectivity index (χ1) is 13.2. The molecule has 9 nitrogen and oxygen atoms in total. The number of hydrogen-bond acceptors (Lipinski definition) is 7. The molecule has 1 aliphatic heterocycles. The number of nitrogens with zero attached hydrogens (tertiary/aromatic N) is 7. The van der Waals surface area contributed by atoms with Crippen LogP contribution in [0.5, 0.6) is 5.75 Å². The van der Waals surface area contributed by atoms with Gasteiger partial charge in [-0.2, -0.15) is 4.68 Å². The highest BCUT2D eigenvalue weighted by Gasteiger charge is 2.24. The Balaban J connectivity index is 1.64. The maximum Gasteiger partial charge on any atom is 0.222 e. The third-order valence-corrected chi connectivity index (χ3v) is 4.75. The summed E-state index contributed by atoms with van der Waals surface area (Å²) in [6.07, 6.45) is 2.06. The van der Waals surface area contributed by atoms with Gasteiger partial charge in [0.2, 0.25) is 5.91 Å². The predicted octanol–water partition coefficient (Wildman–Crippen LogP) is 1.28. The second-order valence-corrected chi connectivity index (χ2v) is 6.29. The zero-order chi connectivity index (χ0) is 18.8. The molecule has 0 bridgehead atoms. The van der Waals surface area contributed by atoms with Crippen molar-refractivity contribution in [1.82, 2.24) is 29.9 Å². The molecule has 1 saturated heterocycles. The van der Waals surface area contributed by atoms with E-state index in [1.807, 2.05) is 36.1 Å². The predicted molar refractivity (Wildman–Crippen MR) is 100 cm³/mol. The van der Waals surface area contributed by atoms with E-state index in [4.69, 9.17) is 4.74 Å². The molecule has 3 aromatic rings. The molecule has 9 heteroatoms. The number of amides is 1. The van der Waals surface area contributed by atoms with Crippen LogP contribution in [-0.2, 0) is 4.79 Å². The van der Waals surface area contributed by atoms with Gasteiger partial charge in [0.05, 0.1) is 12.8 Å². The number of methoxy groups -OCH3 is 1. The molecule has 140 valence electrons. The van der Waals surface area contributed by atoms with Crippen molar-refractivity contribution in [3.63, 3.8) is 0 Å². The fourth-order valence-electron chi connectivity index (χ4n) is 3.28. The summed E-state index contributed by atoms with van der Waals surface area (Å²) in [6, 6.07) is 7.58. The van der Waals surface area contributed by atoms with Crippen molar-refractivity contribution in [3.05, 3.63) is 30.6 Å². The van der Waals surface area contributed by atoms with Crippen LogP contribution in [0.1, 0.15) is 13.3 Å². The van der Waals surface area contributed by atoms with E-state index in [9.17, 15) is 4.79 Å². The summed E-state index contributed by atoms with van der Waals surface area (Å²) in [5, 5.41) is 8.59. The third kappa shape index (κ3) is 3.16. The standard InChI is InChI=1S/C18H21N7O2/c1-3-15(26)23-7-9-24(10-8-23)17-16-18(20-12-19-17)25(22-21-16)13-5-4-6-14(11-13)27-2/h4-6,11-12H,3,7-10H2,1-2H3. The third-order valence-electron chi connectivity index (χ3n) is 4.75. The molecule has 0 N–H and O–H groups in total. The summed E-state index contributed by atoms with van der Waals surface area (Å²) in [6.45, 7) is 4.68. The van der Waals surface area contributed by atoms with Crippen molar-refractivity contribution in [1.29, 1.82) is 0 Å². The highest BCUT2D eigenvalue weighted by Crippen LogP contribution is 2.24. The summed E-state index contributed by atoms with van der Waals surface area (Å²) in [4.78, 5) is 24.7. The summed E-state index contributed by atoms with van der Waals surface area (Å²) in [7, 11) is 1.63. The maximum absolute atomic E-state index is 11.9. The number of aromatic nitrogens is 5. The largest absolute Gasteiger partial charge is 0.497 e. The smallest absolute Gasteiger partial charge is 0.222 e. The van der Waals surface area contributed by atoms with Crippen molar-refractivity contribution < 1.29 is 9.53 Å². The number of anilines is 1. The Morgan fingerprint density at radius 2 is 2.00 bits per heavy atom. The van der Waals surface area contributed by atoms with Gasteiger partial charge in [-0.05, 0) is 12.1 Å². The van der Waals surface area contributed by atoms with Crippen LogP contribution in [-0.4, -0.2) is 69.1 Å². The van der Waals surface area contributed by atoms with Gasteiger partial charge >= 0.3 is 0 Å². The lowest BCUT2D eigenvalue weighted by molar-refractivity contribution is -0.131.